The summed E-state index contributed by atoms with van der Waals surface area (Å²) in [6.45, 7) is 0. The first-order valence-corrected chi connectivity index (χ1v) is 24.7. The second-order valence-electron chi connectivity index (χ2n) is 14.7. The van der Waals surface area contributed by atoms with Crippen molar-refractivity contribution in [3.63, 3.8) is 0 Å². The number of fused-ring (bicyclic) bond motifs is 6. The number of aliphatic imine (C=N–C) groups is 2. The fourth-order valence-electron chi connectivity index (χ4n) is 8.51. The predicted molar refractivity (Wildman–Crippen MR) is 254 cm³/mol. The van der Waals surface area contributed by atoms with E-state index in [1.54, 1.807) is 84.9 Å². The SMILES string of the molecule is O.O.O.O.O=S(=O)(O)C1=C/C2=C(\c3ccccc3)c3ccc([nH]3)/C(c3ccccc3)=C3/C=CC(=N3)/C(c3ccccc3)=C3\NC(C(S(=O)(=O)O)=C3S(=O)(=O)O)C(c3ccccc3)(S(=O)(=O)O)C1=N2. The lowest BCUT2D eigenvalue weighted by Crippen LogP contribution is -2.58. The van der Waals surface area contributed by atoms with Gasteiger partial charge in [-0.25, -0.2) is 9.98 Å². The third kappa shape index (κ3) is 8.66. The average Bonchev–Trinajstić information content (AvgIpc) is 4.07. The summed E-state index contributed by atoms with van der Waals surface area (Å²) in [7, 11) is -23.7. The number of hydrogen-bond donors (Lipinski definition) is 6. The molecular formula is C44H40N4O16S4. The van der Waals surface area contributed by atoms with Crippen LogP contribution in [-0.4, -0.2) is 96.2 Å². The van der Waals surface area contributed by atoms with Crippen molar-refractivity contribution >= 4 is 68.6 Å². The Morgan fingerprint density at radius 3 is 1.40 bits per heavy atom. The van der Waals surface area contributed by atoms with E-state index in [-0.39, 0.29) is 61.4 Å². The minimum absolute atomic E-state index is 0. The van der Waals surface area contributed by atoms with E-state index in [1.165, 1.54) is 36.4 Å². The number of nitrogens with one attached hydrogen (secondary N) is 2. The molecule has 9 rings (SSSR count). The van der Waals surface area contributed by atoms with Crippen LogP contribution in [0.25, 0.3) is 16.7 Å². The summed E-state index contributed by atoms with van der Waals surface area (Å²) in [6, 6.07) is 31.5. The van der Waals surface area contributed by atoms with Crippen LogP contribution in [-0.2, 0) is 45.2 Å². The number of nitrogens with zero attached hydrogens (tertiary/aromatic N) is 2. The molecule has 0 saturated heterocycles. The summed E-state index contributed by atoms with van der Waals surface area (Å²) in [4.78, 5) is 8.31. The fourth-order valence-corrected chi connectivity index (χ4v) is 13.0. The average molecular weight is 1010 g/mol. The molecule has 0 fully saturated rings. The molecular weight excluding hydrogens is 969 g/mol. The van der Waals surface area contributed by atoms with Crippen LogP contribution in [0, 0.1) is 0 Å². The standard InChI is InChI=1S/C44H32N4O12S4.4H2O/c49-61(50,51)35-25-34-37(27-15-7-2-8-16-27)32-22-21-30(45-32)36(26-13-5-1-6-14-26)31-23-24-33(46-31)38(28-17-9-3-10-18-28)39-40(62(52,53)54)41(63(55,56)57)43(48-39)44(42(35)47-34,64(58,59)60)29-19-11-4-12-20-29;;;;/h1-25,43,45,48H,(H,49,50,51)(H,52,53,54)(H,55,56,57)(H,58,59,60);4*1H2/b36-31-,37-34-,39-38-;;;;. The van der Waals surface area contributed by atoms with Gasteiger partial charge >= 0.3 is 0 Å². The van der Waals surface area contributed by atoms with Crippen LogP contribution in [0.5, 0.6) is 0 Å². The van der Waals surface area contributed by atoms with Gasteiger partial charge in [-0.15, -0.1) is 0 Å². The van der Waals surface area contributed by atoms with E-state index in [0.29, 0.717) is 22.4 Å². The molecule has 4 aliphatic rings. The summed E-state index contributed by atoms with van der Waals surface area (Å²) in [5, 5.41) is 2.61. The van der Waals surface area contributed by atoms with Gasteiger partial charge in [0, 0.05) is 28.1 Å². The van der Waals surface area contributed by atoms with Crippen LogP contribution < -0.4 is 5.32 Å². The van der Waals surface area contributed by atoms with Crippen molar-refractivity contribution in [3.05, 3.63) is 217 Å². The van der Waals surface area contributed by atoms with Gasteiger partial charge in [-0.3, -0.25) is 18.2 Å². The molecule has 0 aliphatic carbocycles. The molecule has 5 aromatic rings. The normalized spacial score (nSPS) is 22.4. The molecule has 2 atom stereocenters. The predicted octanol–water partition coefficient (Wildman–Crippen LogP) is 2.64. The molecule has 8 bridgehead atoms. The van der Waals surface area contributed by atoms with Gasteiger partial charge in [0.05, 0.1) is 34.6 Å². The Labute approximate surface area is 388 Å². The van der Waals surface area contributed by atoms with E-state index in [0.717, 1.165) is 18.2 Å². The van der Waals surface area contributed by atoms with Crippen molar-refractivity contribution in [2.24, 2.45) is 9.98 Å². The van der Waals surface area contributed by atoms with Gasteiger partial charge in [0.2, 0.25) is 0 Å². The molecule has 0 saturated carbocycles. The van der Waals surface area contributed by atoms with Gasteiger partial charge in [-0.2, -0.15) is 33.7 Å². The third-order valence-electron chi connectivity index (χ3n) is 11.0. The monoisotopic (exact) mass is 1010 g/mol. The van der Waals surface area contributed by atoms with Crippen molar-refractivity contribution in [3.8, 4) is 0 Å². The molecule has 68 heavy (non-hydrogen) atoms. The molecule has 0 radical (unpaired) electrons. The Kier molecular flexibility index (Phi) is 14.4. The highest BCUT2D eigenvalue weighted by Crippen LogP contribution is 2.51. The lowest BCUT2D eigenvalue weighted by Gasteiger charge is -2.38. The lowest BCUT2D eigenvalue weighted by molar-refractivity contribution is 0.432. The van der Waals surface area contributed by atoms with E-state index in [9.17, 15) is 51.9 Å². The van der Waals surface area contributed by atoms with Crippen LogP contribution in [0.4, 0.5) is 0 Å². The summed E-state index contributed by atoms with van der Waals surface area (Å²) >= 11 is 0. The summed E-state index contributed by atoms with van der Waals surface area (Å²) in [5.74, 6) is 0. The van der Waals surface area contributed by atoms with Crippen molar-refractivity contribution in [1.82, 2.24) is 10.3 Å². The highest BCUT2D eigenvalue weighted by atomic mass is 32.2. The Bertz CT molecular complexity index is 3550. The van der Waals surface area contributed by atoms with E-state index < -0.39 is 82.9 Å². The zero-order valence-electron chi connectivity index (χ0n) is 34.6. The summed E-state index contributed by atoms with van der Waals surface area (Å²) < 4.78 is 154. The van der Waals surface area contributed by atoms with Crippen LogP contribution in [0.1, 0.15) is 33.6 Å². The minimum atomic E-state index is -6.14. The minimum Gasteiger partial charge on any atom is -0.412 e. The molecule has 24 heteroatoms. The third-order valence-corrected chi connectivity index (χ3v) is 15.4. The smallest absolute Gasteiger partial charge is 0.297 e. The Morgan fingerprint density at radius 2 is 0.956 bits per heavy atom. The number of hydrogen-bond acceptors (Lipinski definition) is 11. The van der Waals surface area contributed by atoms with Gasteiger partial charge in [0.1, 0.15) is 14.7 Å². The van der Waals surface area contributed by atoms with Crippen molar-refractivity contribution < 1.29 is 73.8 Å². The molecule has 4 aromatic carbocycles. The maximum Gasteiger partial charge on any atom is 0.297 e. The lowest BCUT2D eigenvalue weighted by atomic mass is 9.85. The molecule has 0 spiro atoms. The maximum absolute atomic E-state index is 14.7. The summed E-state index contributed by atoms with van der Waals surface area (Å²) in [5.41, 5.74) is -0.536. The first kappa shape index (κ1) is 52.2. The largest absolute Gasteiger partial charge is 0.412 e. The van der Waals surface area contributed by atoms with Crippen LogP contribution in [0.3, 0.4) is 0 Å². The first-order valence-electron chi connectivity index (χ1n) is 18.9. The molecule has 2 unspecified atom stereocenters. The molecule has 14 N–H and O–H groups in total. The second-order valence-corrected chi connectivity index (χ2v) is 20.5. The maximum atomic E-state index is 14.7. The second kappa shape index (κ2) is 18.7. The van der Waals surface area contributed by atoms with Gasteiger partial charge < -0.3 is 32.2 Å². The highest BCUT2D eigenvalue weighted by molar-refractivity contribution is 7.94. The number of rotatable bonds is 8. The van der Waals surface area contributed by atoms with E-state index in [4.69, 9.17) is 4.99 Å². The van der Waals surface area contributed by atoms with Gasteiger partial charge in [0.15, 0.2) is 4.75 Å². The van der Waals surface area contributed by atoms with Gasteiger partial charge in [0.25, 0.3) is 40.5 Å². The Hall–Kier alpha value is -6.78. The van der Waals surface area contributed by atoms with E-state index >= 15 is 0 Å². The fraction of sp³-hybridized carbons (Fsp3) is 0.0455. The Balaban J connectivity index is 0.00000216. The van der Waals surface area contributed by atoms with E-state index in [2.05, 4.69) is 15.3 Å². The number of H-pyrrole nitrogens is 1. The van der Waals surface area contributed by atoms with Crippen molar-refractivity contribution in [2.75, 3.05) is 0 Å². The number of aromatic amines is 1. The van der Waals surface area contributed by atoms with Crippen molar-refractivity contribution in [2.45, 2.75) is 10.8 Å². The van der Waals surface area contributed by atoms with Gasteiger partial charge in [-0.1, -0.05) is 121 Å². The molecule has 0 amide bonds. The number of benzene rings is 4. The van der Waals surface area contributed by atoms with Crippen molar-refractivity contribution in [1.29, 1.82) is 0 Å². The molecule has 1 aromatic heterocycles. The van der Waals surface area contributed by atoms with Gasteiger partial charge in [-0.05, 0) is 52.6 Å². The molecule has 5 heterocycles. The topological polar surface area (TPSA) is 396 Å². The van der Waals surface area contributed by atoms with Crippen LogP contribution in [0.2, 0.25) is 0 Å². The Morgan fingerprint density at radius 1 is 0.500 bits per heavy atom. The first-order chi connectivity index (χ1) is 30.3. The molecule has 4 aliphatic heterocycles. The number of allylic oxidation sites excluding steroid dienone is 5. The zero-order valence-corrected chi connectivity index (χ0v) is 37.9. The molecule has 356 valence electrons. The van der Waals surface area contributed by atoms with Crippen LogP contribution >= 0.6 is 0 Å². The molecule has 20 nitrogen and oxygen atoms in total. The van der Waals surface area contributed by atoms with Crippen LogP contribution in [0.15, 0.2) is 193 Å². The quantitative estimate of drug-likeness (QED) is 0.122. The highest BCUT2D eigenvalue weighted by Gasteiger charge is 2.65. The van der Waals surface area contributed by atoms with E-state index in [1.807, 2.05) is 12.1 Å². The summed E-state index contributed by atoms with van der Waals surface area (Å²) in [6.07, 6.45) is 3.89. The zero-order chi connectivity index (χ0) is 45.4. The number of aromatic nitrogens is 1.